The van der Waals surface area contributed by atoms with Gasteiger partial charge in [0.25, 0.3) is 0 Å². The van der Waals surface area contributed by atoms with Gasteiger partial charge in [0.05, 0.1) is 16.8 Å². The van der Waals surface area contributed by atoms with Gasteiger partial charge in [-0.05, 0) is 35.0 Å². The van der Waals surface area contributed by atoms with E-state index in [1.54, 1.807) is 18.3 Å². The van der Waals surface area contributed by atoms with Crippen molar-refractivity contribution in [1.29, 1.82) is 0 Å². The molecule has 5 heteroatoms. The summed E-state index contributed by atoms with van der Waals surface area (Å²) in [5.41, 5.74) is 0. The van der Waals surface area contributed by atoms with Crippen LogP contribution in [0.3, 0.4) is 0 Å². The minimum absolute atomic E-state index is 0.0279. The molecule has 0 aliphatic heterocycles. The van der Waals surface area contributed by atoms with Crippen molar-refractivity contribution in [3.63, 3.8) is 0 Å². The second kappa shape index (κ2) is 5.48. The van der Waals surface area contributed by atoms with Crippen LogP contribution in [0, 0.1) is 0 Å². The van der Waals surface area contributed by atoms with Crippen LogP contribution in [0.2, 0.25) is 0 Å². The lowest BCUT2D eigenvalue weighted by molar-refractivity contribution is -0.121. The maximum Gasteiger partial charge on any atom is 0.225 e. The predicted molar refractivity (Wildman–Crippen MR) is 60.4 cm³/mol. The van der Waals surface area contributed by atoms with Crippen LogP contribution in [-0.2, 0) is 11.2 Å². The summed E-state index contributed by atoms with van der Waals surface area (Å²) < 4.78 is 1.02. The first-order valence-corrected chi connectivity index (χ1v) is 5.87. The lowest BCUT2D eigenvalue weighted by Crippen LogP contribution is -2.35. The van der Waals surface area contributed by atoms with Gasteiger partial charge >= 0.3 is 0 Å². The van der Waals surface area contributed by atoms with Crippen LogP contribution in [0.5, 0.6) is 0 Å². The normalized spacial score (nSPS) is 12.5. The molecule has 1 aromatic heterocycles. The summed E-state index contributed by atoms with van der Waals surface area (Å²) in [6.07, 6.45) is 0.376. The van der Waals surface area contributed by atoms with Crippen molar-refractivity contribution in [2.45, 2.75) is 19.4 Å². The van der Waals surface area contributed by atoms with E-state index >= 15 is 0 Å². The maximum absolute atomic E-state index is 11.4. The topological polar surface area (TPSA) is 49.3 Å². The maximum atomic E-state index is 11.4. The van der Waals surface area contributed by atoms with Crippen molar-refractivity contribution in [3.05, 3.63) is 20.8 Å². The Bertz CT molecular complexity index is 314. The number of rotatable bonds is 4. The van der Waals surface area contributed by atoms with Crippen LogP contribution < -0.4 is 5.32 Å². The van der Waals surface area contributed by atoms with Gasteiger partial charge in [-0.1, -0.05) is 0 Å². The molecule has 3 nitrogen and oxygen atoms in total. The number of amides is 1. The van der Waals surface area contributed by atoms with Gasteiger partial charge in [-0.15, -0.1) is 11.3 Å². The number of carbonyl (C=O) groups excluding carboxylic acids is 1. The third-order valence-corrected chi connectivity index (χ3v) is 3.27. The predicted octanol–water partition coefficient (Wildman–Crippen LogP) is 1.55. The second-order valence-corrected chi connectivity index (χ2v) is 5.58. The van der Waals surface area contributed by atoms with Gasteiger partial charge in [0.1, 0.15) is 0 Å². The third-order valence-electron chi connectivity index (χ3n) is 1.64. The molecular weight excluding hydrogens is 266 g/mol. The van der Waals surface area contributed by atoms with Crippen LogP contribution in [0.15, 0.2) is 15.9 Å². The fourth-order valence-electron chi connectivity index (χ4n) is 0.976. The molecule has 1 aromatic rings. The third kappa shape index (κ3) is 3.77. The highest BCUT2D eigenvalue weighted by Gasteiger charge is 2.08. The Hall–Kier alpha value is -0.390. The van der Waals surface area contributed by atoms with E-state index < -0.39 is 0 Å². The molecule has 1 heterocycles. The molecular formula is C9H12BrNO2S. The fourth-order valence-corrected chi connectivity index (χ4v) is 2.46. The Morgan fingerprint density at radius 1 is 1.71 bits per heavy atom. The first-order valence-electron chi connectivity index (χ1n) is 4.26. The molecule has 0 saturated heterocycles. The number of hydrogen-bond acceptors (Lipinski definition) is 3. The average Bonchev–Trinajstić information content (AvgIpc) is 2.50. The minimum Gasteiger partial charge on any atom is -0.394 e. The van der Waals surface area contributed by atoms with E-state index in [1.807, 2.05) is 12.1 Å². The first kappa shape index (κ1) is 11.7. The number of thiophene rings is 1. The van der Waals surface area contributed by atoms with Crippen LogP contribution in [0.25, 0.3) is 0 Å². The van der Waals surface area contributed by atoms with Gasteiger partial charge in [-0.2, -0.15) is 0 Å². The summed E-state index contributed by atoms with van der Waals surface area (Å²) in [6.45, 7) is 1.74. The van der Waals surface area contributed by atoms with Gasteiger partial charge in [0.2, 0.25) is 5.91 Å². The van der Waals surface area contributed by atoms with E-state index in [1.165, 1.54) is 0 Å². The Kier molecular flexibility index (Phi) is 4.57. The van der Waals surface area contributed by atoms with Crippen molar-refractivity contribution >= 4 is 33.2 Å². The number of nitrogens with one attached hydrogen (secondary N) is 1. The second-order valence-electron chi connectivity index (χ2n) is 3.03. The van der Waals surface area contributed by atoms with Gasteiger partial charge in [0, 0.05) is 10.9 Å². The van der Waals surface area contributed by atoms with Gasteiger partial charge in [-0.25, -0.2) is 0 Å². The number of halogens is 1. The van der Waals surface area contributed by atoms with Crippen molar-refractivity contribution < 1.29 is 9.90 Å². The van der Waals surface area contributed by atoms with Crippen LogP contribution in [-0.4, -0.2) is 23.7 Å². The van der Waals surface area contributed by atoms with Crippen LogP contribution >= 0.6 is 27.3 Å². The zero-order valence-corrected chi connectivity index (χ0v) is 10.2. The van der Waals surface area contributed by atoms with E-state index in [9.17, 15) is 4.79 Å². The highest BCUT2D eigenvalue weighted by Crippen LogP contribution is 2.22. The molecule has 0 aromatic carbocycles. The minimum atomic E-state index is -0.175. The zero-order chi connectivity index (χ0) is 10.6. The molecule has 78 valence electrons. The molecule has 0 aliphatic carbocycles. The lowest BCUT2D eigenvalue weighted by atomic mass is 10.3. The summed E-state index contributed by atoms with van der Waals surface area (Å²) in [6, 6.07) is 3.66. The van der Waals surface area contributed by atoms with E-state index in [0.29, 0.717) is 6.42 Å². The van der Waals surface area contributed by atoms with Gasteiger partial charge in [-0.3, -0.25) is 4.79 Å². The van der Waals surface area contributed by atoms with Crippen molar-refractivity contribution in [1.82, 2.24) is 5.32 Å². The highest BCUT2D eigenvalue weighted by atomic mass is 79.9. The Labute approximate surface area is 95.3 Å². The standard InChI is InChI=1S/C9H12BrNO2S/c1-6(5-12)11-9(13)4-7-2-3-8(10)14-7/h2-3,6,12H,4-5H2,1H3,(H,11,13). The highest BCUT2D eigenvalue weighted by molar-refractivity contribution is 9.11. The lowest BCUT2D eigenvalue weighted by Gasteiger charge is -2.09. The summed E-state index contributed by atoms with van der Waals surface area (Å²) >= 11 is 4.88. The Morgan fingerprint density at radius 2 is 2.43 bits per heavy atom. The number of aliphatic hydroxyl groups is 1. The van der Waals surface area contributed by atoms with Gasteiger partial charge < -0.3 is 10.4 Å². The summed E-state index contributed by atoms with van der Waals surface area (Å²) in [4.78, 5) is 12.4. The smallest absolute Gasteiger partial charge is 0.225 e. The quantitative estimate of drug-likeness (QED) is 0.878. The largest absolute Gasteiger partial charge is 0.394 e. The number of hydrogen-bond donors (Lipinski definition) is 2. The zero-order valence-electron chi connectivity index (χ0n) is 7.79. The van der Waals surface area contributed by atoms with Crippen LogP contribution in [0.1, 0.15) is 11.8 Å². The molecule has 0 saturated carbocycles. The molecule has 1 atom stereocenters. The summed E-state index contributed by atoms with van der Waals surface area (Å²) in [7, 11) is 0. The fraction of sp³-hybridized carbons (Fsp3) is 0.444. The molecule has 0 bridgehead atoms. The molecule has 0 radical (unpaired) electrons. The summed E-state index contributed by atoms with van der Waals surface area (Å²) in [5, 5.41) is 11.4. The molecule has 0 fully saturated rings. The van der Waals surface area contributed by atoms with Crippen molar-refractivity contribution in [2.75, 3.05) is 6.61 Å². The van der Waals surface area contributed by atoms with Crippen LogP contribution in [0.4, 0.5) is 0 Å². The average molecular weight is 278 g/mol. The number of carbonyl (C=O) groups is 1. The molecule has 1 rings (SSSR count). The van der Waals surface area contributed by atoms with Crippen molar-refractivity contribution in [2.24, 2.45) is 0 Å². The first-order chi connectivity index (χ1) is 6.61. The SMILES string of the molecule is CC(CO)NC(=O)Cc1ccc(Br)s1. The van der Waals surface area contributed by atoms with E-state index in [2.05, 4.69) is 21.2 Å². The summed E-state index contributed by atoms with van der Waals surface area (Å²) in [5.74, 6) is -0.0547. The monoisotopic (exact) mass is 277 g/mol. The van der Waals surface area contributed by atoms with E-state index in [-0.39, 0.29) is 18.6 Å². The number of aliphatic hydroxyl groups excluding tert-OH is 1. The Balaban J connectivity index is 2.41. The molecule has 0 spiro atoms. The molecule has 2 N–H and O–H groups in total. The molecule has 0 aliphatic rings. The molecule has 1 amide bonds. The van der Waals surface area contributed by atoms with E-state index in [4.69, 9.17) is 5.11 Å². The molecule has 14 heavy (non-hydrogen) atoms. The van der Waals surface area contributed by atoms with E-state index in [0.717, 1.165) is 8.66 Å². The Morgan fingerprint density at radius 3 is 2.93 bits per heavy atom. The van der Waals surface area contributed by atoms with Crippen molar-refractivity contribution in [3.8, 4) is 0 Å². The van der Waals surface area contributed by atoms with Gasteiger partial charge in [0.15, 0.2) is 0 Å². The molecule has 1 unspecified atom stereocenters.